The topological polar surface area (TPSA) is 321 Å². The molecular weight excluding hydrogens is 1220 g/mol. The van der Waals surface area contributed by atoms with Gasteiger partial charge in [0.2, 0.25) is 29.5 Å². The lowest BCUT2D eigenvalue weighted by Gasteiger charge is -2.36. The lowest BCUT2D eigenvalue weighted by atomic mass is 10.1. The fraction of sp³-hybridized carbons (Fsp3) is 0.571. The first-order valence-corrected chi connectivity index (χ1v) is 31.0. The van der Waals surface area contributed by atoms with E-state index in [0.717, 1.165) is 29.6 Å². The number of nitrogens with one attached hydrogen (secondary N) is 4. The largest absolute Gasteiger partial charge is 0.494 e. The monoisotopic (exact) mass is 1300 g/mol. The fourth-order valence-electron chi connectivity index (χ4n) is 10.8. The summed E-state index contributed by atoms with van der Waals surface area (Å²) in [4.78, 5) is 145. The average molecular weight is 1310 g/mol. The number of hydrogen-bond donors (Lipinski definition) is 5. The van der Waals surface area contributed by atoms with Crippen molar-refractivity contribution < 1.29 is 85.5 Å². The zero-order chi connectivity index (χ0) is 67.1. The number of likely N-dealkylation sites (tertiary alicyclic amines) is 1. The number of pyridine rings is 1. The number of carboxylic acid groups (broad SMARTS) is 1. The van der Waals surface area contributed by atoms with Gasteiger partial charge in [0, 0.05) is 123 Å². The van der Waals surface area contributed by atoms with Gasteiger partial charge in [-0.05, 0) is 62.4 Å². The van der Waals surface area contributed by atoms with Crippen LogP contribution in [0.3, 0.4) is 0 Å². The van der Waals surface area contributed by atoms with Crippen LogP contribution in [-0.4, -0.2) is 287 Å². The maximum atomic E-state index is 14.4. The van der Waals surface area contributed by atoms with E-state index in [2.05, 4.69) is 37.1 Å². The third-order valence-corrected chi connectivity index (χ3v) is 16.0. The normalized spacial score (nSPS) is 17.7. The Labute approximate surface area is 539 Å². The molecule has 0 bridgehead atoms. The number of carbonyl (C=O) groups is 10. The first-order chi connectivity index (χ1) is 44.8. The Morgan fingerprint density at radius 2 is 1.41 bits per heavy atom. The summed E-state index contributed by atoms with van der Waals surface area (Å²) in [7, 11) is 1.15. The van der Waals surface area contributed by atoms with E-state index in [0.29, 0.717) is 88.1 Å². The average Bonchev–Trinajstić information content (AvgIpc) is 1.81. The molecule has 508 valence electrons. The fourth-order valence-corrected chi connectivity index (χ4v) is 10.8. The molecule has 3 aliphatic rings. The van der Waals surface area contributed by atoms with Gasteiger partial charge in [-0.15, -0.1) is 6.42 Å². The van der Waals surface area contributed by atoms with Gasteiger partial charge in [0.15, 0.2) is 0 Å². The number of ether oxygens (including phenoxy) is 5. The molecule has 0 unspecified atom stereocenters. The summed E-state index contributed by atoms with van der Waals surface area (Å²) in [5, 5.41) is 21.0. The van der Waals surface area contributed by atoms with E-state index in [9.17, 15) is 61.8 Å². The molecule has 93 heavy (non-hydrogen) atoms. The third-order valence-electron chi connectivity index (χ3n) is 16.0. The summed E-state index contributed by atoms with van der Waals surface area (Å²) in [6.07, 6.45) is 7.78. The van der Waals surface area contributed by atoms with Crippen LogP contribution >= 0.6 is 0 Å². The molecule has 6 rings (SSSR count). The number of carboxylic acids is 1. The molecule has 1 aromatic heterocycles. The van der Waals surface area contributed by atoms with Gasteiger partial charge < -0.3 is 59.9 Å². The highest BCUT2D eigenvalue weighted by atomic mass is 19.3. The van der Waals surface area contributed by atoms with E-state index in [1.54, 1.807) is 28.0 Å². The standard InChI is InChI=1S/C63H86F2N12O16/c1-4-48-37-63(64,65)41-77(48)57(82)38-68-60(86)50-15-17-66-52-14-13-49(35-51(50)52)93-32-6-19-71-28-30-76(31-29-71)62(88)54(36-59(85)89-3)70-61(87)53(16-33-90-34-18-67-55(80)8-5-7-47-11-9-46(2)10-12-47)69-56(81)39-72-20-21-73(40-58(83)84)23-25-75(43-92-45-79)27-26-74(24-22-72)42-91-44-78/h1,9-15,17,35,44-45,48,53-54H,5-8,16,18-34,36-43H2,2-3H3,(H,67,80)(H,68,86)(H,69,81)(H,70,87)(H,83,84)/t48-,53-,54-/m0/s1. The second-order valence-corrected chi connectivity index (χ2v) is 22.9. The smallest absolute Gasteiger partial charge is 0.317 e. The number of aliphatic carboxylic acids is 1. The van der Waals surface area contributed by atoms with E-state index in [-0.39, 0.29) is 117 Å². The highest BCUT2D eigenvalue weighted by Gasteiger charge is 2.46. The molecule has 5 N–H and O–H groups in total. The SMILES string of the molecule is C#C[C@H]1CC(F)(F)CN1C(=O)CNC(=O)c1ccnc2ccc(OCCCN3CCN(C(=O)[C@H](CC(=O)OC)NC(=O)[C@H](CCOCCNC(=O)CCCc4ccc(C)cc4)NC(=O)CN4CCN(COC=O)CCN(COC=O)CCN(CC(=O)O)CC4)CC3)cc12. The quantitative estimate of drug-likeness (QED) is 0.0169. The molecule has 4 heterocycles. The van der Waals surface area contributed by atoms with Crippen molar-refractivity contribution in [2.45, 2.75) is 75.9 Å². The Kier molecular flexibility index (Phi) is 30.5. The van der Waals surface area contributed by atoms with E-state index >= 15 is 0 Å². The van der Waals surface area contributed by atoms with Crippen molar-refractivity contribution in [3.05, 3.63) is 71.4 Å². The summed E-state index contributed by atoms with van der Waals surface area (Å²) < 4.78 is 55.0. The Hall–Kier alpha value is -8.47. The Bertz CT molecular complexity index is 3030. The van der Waals surface area contributed by atoms with Gasteiger partial charge in [-0.3, -0.25) is 77.4 Å². The number of piperazine rings is 1. The summed E-state index contributed by atoms with van der Waals surface area (Å²) in [5.41, 5.74) is 2.93. The van der Waals surface area contributed by atoms with E-state index < -0.39 is 91.5 Å². The number of methoxy groups -OCH3 is 1. The number of aromatic nitrogens is 1. The number of benzene rings is 2. The minimum Gasteiger partial charge on any atom is -0.494 e. The molecular formula is C63H86F2N12O16. The van der Waals surface area contributed by atoms with Crippen LogP contribution in [0.15, 0.2) is 54.7 Å². The molecule has 0 radical (unpaired) electrons. The van der Waals surface area contributed by atoms with Gasteiger partial charge >= 0.3 is 11.9 Å². The number of amides is 6. The van der Waals surface area contributed by atoms with Crippen molar-refractivity contribution in [1.29, 1.82) is 0 Å². The van der Waals surface area contributed by atoms with Gasteiger partial charge in [0.25, 0.3) is 24.8 Å². The first-order valence-electron chi connectivity index (χ1n) is 31.0. The molecule has 3 fully saturated rings. The van der Waals surface area contributed by atoms with Gasteiger partial charge in [0.05, 0.1) is 70.0 Å². The summed E-state index contributed by atoms with van der Waals surface area (Å²) in [6, 6.07) is 10.8. The molecule has 3 aromatic rings. The number of halogens is 2. The lowest BCUT2D eigenvalue weighted by molar-refractivity contribution is -0.147. The molecule has 3 atom stereocenters. The molecule has 2 aromatic carbocycles. The minimum absolute atomic E-state index is 0.0495. The number of fused-ring (bicyclic) bond motifs is 1. The number of esters is 1. The number of nitrogens with zero attached hydrogens (tertiary/aromatic N) is 8. The van der Waals surface area contributed by atoms with Crippen molar-refractivity contribution in [3.63, 3.8) is 0 Å². The van der Waals surface area contributed by atoms with Crippen LogP contribution in [0.2, 0.25) is 0 Å². The van der Waals surface area contributed by atoms with Crippen molar-refractivity contribution in [1.82, 2.24) is 60.6 Å². The molecule has 0 spiro atoms. The molecule has 0 aliphatic carbocycles. The Balaban J connectivity index is 1.05. The summed E-state index contributed by atoms with van der Waals surface area (Å²) in [5.74, 6) is -5.81. The Morgan fingerprint density at radius 3 is 2.04 bits per heavy atom. The second kappa shape index (κ2) is 38.5. The summed E-state index contributed by atoms with van der Waals surface area (Å²) >= 11 is 0. The molecule has 3 saturated heterocycles. The number of rotatable bonds is 34. The van der Waals surface area contributed by atoms with Crippen LogP contribution in [0.1, 0.15) is 60.0 Å². The molecule has 0 saturated carbocycles. The van der Waals surface area contributed by atoms with Crippen LogP contribution in [0.25, 0.3) is 10.9 Å². The molecule has 6 amide bonds. The maximum Gasteiger partial charge on any atom is 0.317 e. The highest BCUT2D eigenvalue weighted by molar-refractivity contribution is 6.07. The predicted octanol–water partition coefficient (Wildman–Crippen LogP) is -0.299. The van der Waals surface area contributed by atoms with Crippen molar-refractivity contribution >= 4 is 71.2 Å². The van der Waals surface area contributed by atoms with Crippen LogP contribution < -0.4 is 26.0 Å². The van der Waals surface area contributed by atoms with E-state index in [1.165, 1.54) is 17.2 Å². The lowest BCUT2D eigenvalue weighted by Crippen LogP contribution is -2.58. The molecule has 30 heteroatoms. The Morgan fingerprint density at radius 1 is 0.763 bits per heavy atom. The van der Waals surface area contributed by atoms with Gasteiger partial charge in [-0.1, -0.05) is 35.7 Å². The van der Waals surface area contributed by atoms with Crippen LogP contribution in [0, 0.1) is 19.3 Å². The van der Waals surface area contributed by atoms with E-state index in [4.69, 9.17) is 30.1 Å². The van der Waals surface area contributed by atoms with Gasteiger partial charge in [-0.25, -0.2) is 8.78 Å². The first kappa shape index (κ1) is 73.6. The number of hydrogen-bond acceptors (Lipinski definition) is 21. The van der Waals surface area contributed by atoms with Gasteiger partial charge in [-0.2, -0.15) is 0 Å². The van der Waals surface area contributed by atoms with E-state index in [1.807, 2.05) is 41.0 Å². The molecule has 28 nitrogen and oxygen atoms in total. The zero-order valence-electron chi connectivity index (χ0n) is 52.8. The number of aryl methyl sites for hydroxylation is 2. The van der Waals surface area contributed by atoms with Crippen LogP contribution in [-0.2, 0) is 68.5 Å². The van der Waals surface area contributed by atoms with Crippen LogP contribution in [0.5, 0.6) is 5.75 Å². The predicted molar refractivity (Wildman–Crippen MR) is 332 cm³/mol. The maximum absolute atomic E-state index is 14.4. The van der Waals surface area contributed by atoms with Crippen molar-refractivity contribution in [2.75, 3.05) is 158 Å². The number of carbonyl (C=O) groups excluding carboxylic acids is 9. The zero-order valence-corrected chi connectivity index (χ0v) is 52.8. The van der Waals surface area contributed by atoms with Gasteiger partial charge in [0.1, 0.15) is 31.3 Å². The summed E-state index contributed by atoms with van der Waals surface area (Å²) in [6.45, 7) is 5.03. The van der Waals surface area contributed by atoms with Crippen molar-refractivity contribution in [2.24, 2.45) is 0 Å². The number of terminal acetylenes is 1. The second-order valence-electron chi connectivity index (χ2n) is 22.9. The minimum atomic E-state index is -3.13. The van der Waals surface area contributed by atoms with Crippen LogP contribution in [0.4, 0.5) is 8.78 Å². The number of alkyl halides is 2. The highest BCUT2D eigenvalue weighted by Crippen LogP contribution is 2.32. The molecule has 3 aliphatic heterocycles. The third kappa shape index (κ3) is 25.5. The van der Waals surface area contributed by atoms with Crippen molar-refractivity contribution in [3.8, 4) is 18.1 Å².